The van der Waals surface area contributed by atoms with Crippen molar-refractivity contribution >= 4 is 28.5 Å². The highest BCUT2D eigenvalue weighted by atomic mass is 19.4. The van der Waals surface area contributed by atoms with Crippen LogP contribution in [0.5, 0.6) is 0 Å². The Labute approximate surface area is 206 Å². The molecule has 0 spiro atoms. The van der Waals surface area contributed by atoms with E-state index in [2.05, 4.69) is 30.8 Å². The molecular weight excluding hydrogens is 473 g/mol. The van der Waals surface area contributed by atoms with Gasteiger partial charge in [-0.2, -0.15) is 13.2 Å². The largest absolute Gasteiger partial charge is 0.416 e. The highest BCUT2D eigenvalue weighted by Gasteiger charge is 2.37. The number of fused-ring (bicyclic) bond motifs is 1. The Morgan fingerprint density at radius 2 is 1.92 bits per heavy atom. The van der Waals surface area contributed by atoms with Crippen molar-refractivity contribution in [1.82, 2.24) is 25.5 Å². The van der Waals surface area contributed by atoms with Crippen LogP contribution in [0.2, 0.25) is 0 Å². The zero-order valence-corrected chi connectivity index (χ0v) is 19.7. The molecule has 3 aliphatic rings. The average molecular weight is 503 g/mol. The summed E-state index contributed by atoms with van der Waals surface area (Å²) in [7, 11) is 0. The predicted molar refractivity (Wildman–Crippen MR) is 128 cm³/mol. The lowest BCUT2D eigenvalue weighted by atomic mass is 9.78. The highest BCUT2D eigenvalue weighted by Crippen LogP contribution is 2.34. The Kier molecular flexibility index (Phi) is 6.83. The van der Waals surface area contributed by atoms with Gasteiger partial charge in [0.05, 0.1) is 23.7 Å². The molecule has 1 saturated heterocycles. The number of halogens is 3. The number of nitrogens with zero attached hydrogens (tertiary/aromatic N) is 3. The van der Waals surface area contributed by atoms with Crippen LogP contribution in [0.15, 0.2) is 36.7 Å². The van der Waals surface area contributed by atoms with Gasteiger partial charge < -0.3 is 16.0 Å². The van der Waals surface area contributed by atoms with Crippen molar-refractivity contribution in [3.8, 4) is 0 Å². The second kappa shape index (κ2) is 10.0. The van der Waals surface area contributed by atoms with E-state index in [1.807, 2.05) is 6.08 Å². The van der Waals surface area contributed by atoms with Gasteiger partial charge in [0.15, 0.2) is 0 Å². The van der Waals surface area contributed by atoms with E-state index in [0.717, 1.165) is 57.3 Å². The van der Waals surface area contributed by atoms with Crippen LogP contribution in [0, 0.1) is 5.92 Å². The van der Waals surface area contributed by atoms with Gasteiger partial charge in [0.2, 0.25) is 11.8 Å². The van der Waals surface area contributed by atoms with Crippen LogP contribution in [0.3, 0.4) is 0 Å². The molecule has 36 heavy (non-hydrogen) atoms. The fourth-order valence-electron chi connectivity index (χ4n) is 5.51. The second-order valence-corrected chi connectivity index (χ2v) is 9.85. The molecule has 5 rings (SSSR count). The quantitative estimate of drug-likeness (QED) is 0.562. The van der Waals surface area contributed by atoms with Crippen molar-refractivity contribution in [2.24, 2.45) is 5.92 Å². The van der Waals surface area contributed by atoms with Crippen molar-refractivity contribution in [2.45, 2.75) is 56.4 Å². The van der Waals surface area contributed by atoms with Gasteiger partial charge in [-0.25, -0.2) is 9.97 Å². The summed E-state index contributed by atoms with van der Waals surface area (Å²) in [6.07, 6.45) is 5.60. The summed E-state index contributed by atoms with van der Waals surface area (Å²) < 4.78 is 39.3. The number of aromatic nitrogens is 2. The smallest absolute Gasteiger partial charge is 0.360 e. The minimum Gasteiger partial charge on any atom is -0.360 e. The molecule has 1 aromatic heterocycles. The van der Waals surface area contributed by atoms with Crippen LogP contribution in [0.25, 0.3) is 10.9 Å². The number of amides is 2. The summed E-state index contributed by atoms with van der Waals surface area (Å²) in [5, 5.41) is 9.13. The van der Waals surface area contributed by atoms with Gasteiger partial charge >= 0.3 is 6.18 Å². The SMILES string of the molecule is O=C1C=CC[C@H]([C@H]2CC[C@H](N3CC(NC(=O)CNc4ncnc5ccc(C(F)(F)F)cc45)C3)CC2)N1. The number of likely N-dealkylation sites (tertiary alicyclic amines) is 1. The lowest BCUT2D eigenvalue weighted by Gasteiger charge is -2.47. The van der Waals surface area contributed by atoms with Gasteiger partial charge in [0, 0.05) is 30.6 Å². The lowest BCUT2D eigenvalue weighted by molar-refractivity contribution is -0.137. The number of carbonyl (C=O) groups is 2. The molecule has 2 amide bonds. The first-order valence-electron chi connectivity index (χ1n) is 12.3. The van der Waals surface area contributed by atoms with E-state index in [4.69, 9.17) is 0 Å². The van der Waals surface area contributed by atoms with Crippen LogP contribution in [0.1, 0.15) is 37.7 Å². The van der Waals surface area contributed by atoms with Gasteiger partial charge in [-0.3, -0.25) is 14.5 Å². The zero-order valence-electron chi connectivity index (χ0n) is 19.7. The van der Waals surface area contributed by atoms with Crippen LogP contribution >= 0.6 is 0 Å². The maximum Gasteiger partial charge on any atom is 0.416 e. The maximum atomic E-state index is 13.1. The number of carbonyl (C=O) groups excluding carboxylic acids is 2. The summed E-state index contributed by atoms with van der Waals surface area (Å²) in [4.78, 5) is 34.5. The number of benzene rings is 1. The molecule has 1 aromatic carbocycles. The van der Waals surface area contributed by atoms with E-state index in [1.54, 1.807) is 6.08 Å². The molecule has 0 bridgehead atoms. The third-order valence-electron chi connectivity index (χ3n) is 7.47. The van der Waals surface area contributed by atoms with Crippen LogP contribution in [-0.4, -0.2) is 64.4 Å². The van der Waals surface area contributed by atoms with Crippen molar-refractivity contribution < 1.29 is 22.8 Å². The highest BCUT2D eigenvalue weighted by molar-refractivity contribution is 5.91. The lowest BCUT2D eigenvalue weighted by Crippen LogP contribution is -2.63. The molecule has 2 aliphatic heterocycles. The van der Waals surface area contributed by atoms with Crippen LogP contribution < -0.4 is 16.0 Å². The monoisotopic (exact) mass is 502 g/mol. The number of hydrogen-bond acceptors (Lipinski definition) is 6. The molecular formula is C25H29F3N6O2. The minimum absolute atomic E-state index is 0.00291. The van der Waals surface area contributed by atoms with Gasteiger partial charge in [0.1, 0.15) is 12.1 Å². The van der Waals surface area contributed by atoms with Crippen LogP contribution in [-0.2, 0) is 15.8 Å². The minimum atomic E-state index is -4.48. The summed E-state index contributed by atoms with van der Waals surface area (Å²) in [5.74, 6) is 0.479. The molecule has 3 N–H and O–H groups in total. The Hall–Kier alpha value is -3.21. The third kappa shape index (κ3) is 5.45. The Morgan fingerprint density at radius 1 is 1.14 bits per heavy atom. The summed E-state index contributed by atoms with van der Waals surface area (Å²) >= 11 is 0. The van der Waals surface area contributed by atoms with Gasteiger partial charge in [-0.05, 0) is 62.3 Å². The molecule has 2 aromatic rings. The Balaban J connectivity index is 1.06. The van der Waals surface area contributed by atoms with E-state index in [-0.39, 0.29) is 41.6 Å². The first kappa shape index (κ1) is 24.5. The van der Waals surface area contributed by atoms with Gasteiger partial charge in [0.25, 0.3) is 0 Å². The molecule has 1 atom stereocenters. The van der Waals surface area contributed by atoms with Crippen molar-refractivity contribution in [3.63, 3.8) is 0 Å². The molecule has 0 radical (unpaired) electrons. The first-order chi connectivity index (χ1) is 17.3. The number of nitrogens with one attached hydrogen (secondary N) is 3. The van der Waals surface area contributed by atoms with E-state index >= 15 is 0 Å². The summed E-state index contributed by atoms with van der Waals surface area (Å²) in [6, 6.07) is 4.06. The van der Waals surface area contributed by atoms with Crippen LogP contribution in [0.4, 0.5) is 19.0 Å². The molecule has 0 unspecified atom stereocenters. The fourth-order valence-corrected chi connectivity index (χ4v) is 5.51. The molecule has 11 heteroatoms. The topological polar surface area (TPSA) is 99.3 Å². The molecule has 3 heterocycles. The second-order valence-electron chi connectivity index (χ2n) is 9.85. The number of rotatable bonds is 6. The number of alkyl halides is 3. The van der Waals surface area contributed by atoms with Crippen molar-refractivity contribution in [2.75, 3.05) is 25.0 Å². The standard InChI is InChI=1S/C25H29F3N6O2/c26-25(27,28)16-6-9-21-19(10-16)24(31-14-30-21)29-11-23(36)32-17-12-34(13-17)18-7-4-15(5-8-18)20-2-1-3-22(35)33-20/h1,3,6,9-10,14-15,17-18,20H,2,4-5,7-8,11-13H2,(H,32,36)(H,33,35)(H,29,30,31)/t15-,18-,20-/m1/s1. The molecule has 8 nitrogen and oxygen atoms in total. The van der Waals surface area contributed by atoms with Crippen molar-refractivity contribution in [3.05, 3.63) is 42.2 Å². The van der Waals surface area contributed by atoms with Gasteiger partial charge in [-0.1, -0.05) is 6.08 Å². The summed E-state index contributed by atoms with van der Waals surface area (Å²) in [5.41, 5.74) is -0.422. The zero-order chi connectivity index (χ0) is 25.3. The molecule has 1 aliphatic carbocycles. The van der Waals surface area contributed by atoms with E-state index in [1.165, 1.54) is 12.4 Å². The van der Waals surface area contributed by atoms with E-state index in [0.29, 0.717) is 17.5 Å². The van der Waals surface area contributed by atoms with Gasteiger partial charge in [-0.15, -0.1) is 0 Å². The van der Waals surface area contributed by atoms with E-state index in [9.17, 15) is 22.8 Å². The van der Waals surface area contributed by atoms with Crippen molar-refractivity contribution in [1.29, 1.82) is 0 Å². The average Bonchev–Trinajstić information content (AvgIpc) is 2.84. The predicted octanol–water partition coefficient (Wildman–Crippen LogP) is 2.86. The molecule has 1 saturated carbocycles. The fraction of sp³-hybridized carbons (Fsp3) is 0.520. The Morgan fingerprint density at radius 3 is 2.64 bits per heavy atom. The maximum absolute atomic E-state index is 13.1. The summed E-state index contributed by atoms with van der Waals surface area (Å²) in [6.45, 7) is 1.48. The van der Waals surface area contributed by atoms with E-state index < -0.39 is 11.7 Å². The third-order valence-corrected chi connectivity index (χ3v) is 7.47. The molecule has 192 valence electrons. The first-order valence-corrected chi connectivity index (χ1v) is 12.3. The number of anilines is 1. The molecule has 2 fully saturated rings. The normalized spacial score (nSPS) is 25.3. The Bertz CT molecular complexity index is 1160. The number of hydrogen-bond donors (Lipinski definition) is 3.